The fourth-order valence-electron chi connectivity index (χ4n) is 3.44. The van der Waals surface area contributed by atoms with Gasteiger partial charge in [-0.3, -0.25) is 14.4 Å². The number of thioether (sulfide) groups is 1. The monoisotopic (exact) mass is 575 g/mol. The standard InChI is InChI=1S/C30H23Cl2N3O3S/c31-22-10-6-11-24(18-22)33-28(36)19-39-25-15-13-23(14-16-25)34-30(38)27(17-21-9-4-5-12-26(21)32)35-29(37)20-7-2-1-3-8-20/h1-18H,19H2,(H,33,36)(H,34,38)(H,35,37)/b27-17-. The first-order chi connectivity index (χ1) is 18.9. The van der Waals surface area contributed by atoms with E-state index >= 15 is 0 Å². The van der Waals surface area contributed by atoms with Gasteiger partial charge in [0.2, 0.25) is 5.91 Å². The second-order valence-corrected chi connectivity index (χ2v) is 10.1. The minimum Gasteiger partial charge on any atom is -0.325 e. The van der Waals surface area contributed by atoms with Gasteiger partial charge in [-0.15, -0.1) is 11.8 Å². The lowest BCUT2D eigenvalue weighted by atomic mass is 10.1. The Bertz CT molecular complexity index is 1510. The summed E-state index contributed by atoms with van der Waals surface area (Å²) in [5, 5.41) is 9.28. The molecule has 0 bridgehead atoms. The summed E-state index contributed by atoms with van der Waals surface area (Å²) in [5.41, 5.74) is 2.18. The van der Waals surface area contributed by atoms with Crippen LogP contribution in [0.15, 0.2) is 114 Å². The molecule has 0 saturated heterocycles. The molecule has 3 N–H and O–H groups in total. The molecule has 0 aliphatic carbocycles. The van der Waals surface area contributed by atoms with E-state index in [-0.39, 0.29) is 17.4 Å². The molecule has 0 spiro atoms. The van der Waals surface area contributed by atoms with Crippen molar-refractivity contribution >= 4 is 70.1 Å². The highest BCUT2D eigenvalue weighted by Gasteiger charge is 2.16. The van der Waals surface area contributed by atoms with Crippen LogP contribution < -0.4 is 16.0 Å². The third-order valence-corrected chi connectivity index (χ3v) is 6.92. The maximum absolute atomic E-state index is 13.2. The Morgan fingerprint density at radius 2 is 1.46 bits per heavy atom. The summed E-state index contributed by atoms with van der Waals surface area (Å²) in [6.07, 6.45) is 1.53. The van der Waals surface area contributed by atoms with Gasteiger partial charge in [0, 0.05) is 31.9 Å². The molecule has 0 atom stereocenters. The van der Waals surface area contributed by atoms with Gasteiger partial charge in [-0.25, -0.2) is 0 Å². The fraction of sp³-hybridized carbons (Fsp3) is 0.0333. The summed E-state index contributed by atoms with van der Waals surface area (Å²) in [6, 6.07) is 29.6. The highest BCUT2D eigenvalue weighted by atomic mass is 35.5. The van der Waals surface area contributed by atoms with Gasteiger partial charge in [0.05, 0.1) is 5.75 Å². The number of benzene rings is 4. The Kier molecular flexibility index (Phi) is 9.80. The van der Waals surface area contributed by atoms with Crippen LogP contribution in [0.25, 0.3) is 6.08 Å². The number of halogens is 2. The molecule has 0 aromatic heterocycles. The quantitative estimate of drug-likeness (QED) is 0.146. The molecule has 0 fully saturated rings. The first-order valence-electron chi connectivity index (χ1n) is 11.8. The summed E-state index contributed by atoms with van der Waals surface area (Å²) in [7, 11) is 0. The van der Waals surface area contributed by atoms with Crippen LogP contribution in [0.3, 0.4) is 0 Å². The van der Waals surface area contributed by atoms with Crippen molar-refractivity contribution in [1.29, 1.82) is 0 Å². The zero-order valence-corrected chi connectivity index (χ0v) is 22.8. The van der Waals surface area contributed by atoms with Gasteiger partial charge < -0.3 is 16.0 Å². The summed E-state index contributed by atoms with van der Waals surface area (Å²) >= 11 is 13.6. The molecule has 6 nitrogen and oxygen atoms in total. The van der Waals surface area contributed by atoms with E-state index in [0.29, 0.717) is 32.5 Å². The number of carbonyl (C=O) groups excluding carboxylic acids is 3. The topological polar surface area (TPSA) is 87.3 Å². The van der Waals surface area contributed by atoms with Crippen molar-refractivity contribution in [2.75, 3.05) is 16.4 Å². The summed E-state index contributed by atoms with van der Waals surface area (Å²) < 4.78 is 0. The molecule has 0 unspecified atom stereocenters. The van der Waals surface area contributed by atoms with E-state index in [0.717, 1.165) is 4.90 Å². The van der Waals surface area contributed by atoms with Crippen LogP contribution in [0.2, 0.25) is 10.0 Å². The third-order valence-electron chi connectivity index (χ3n) is 5.32. The van der Waals surface area contributed by atoms with Gasteiger partial charge in [-0.1, -0.05) is 65.7 Å². The smallest absolute Gasteiger partial charge is 0.272 e. The molecule has 4 aromatic carbocycles. The van der Waals surface area contributed by atoms with E-state index in [4.69, 9.17) is 23.2 Å². The molecule has 0 saturated carbocycles. The van der Waals surface area contributed by atoms with Crippen LogP contribution in [-0.2, 0) is 9.59 Å². The van der Waals surface area contributed by atoms with Crippen molar-refractivity contribution < 1.29 is 14.4 Å². The second-order valence-electron chi connectivity index (χ2n) is 8.23. The molecule has 196 valence electrons. The number of hydrogen-bond donors (Lipinski definition) is 3. The van der Waals surface area contributed by atoms with Crippen molar-refractivity contribution in [2.24, 2.45) is 0 Å². The van der Waals surface area contributed by atoms with Crippen LogP contribution in [0.1, 0.15) is 15.9 Å². The Labute approximate surface area is 240 Å². The number of hydrogen-bond acceptors (Lipinski definition) is 4. The van der Waals surface area contributed by atoms with E-state index in [9.17, 15) is 14.4 Å². The molecule has 3 amide bonds. The molecule has 0 radical (unpaired) electrons. The molecule has 0 aliphatic rings. The molecular weight excluding hydrogens is 553 g/mol. The lowest BCUT2D eigenvalue weighted by Crippen LogP contribution is -2.30. The molecule has 0 heterocycles. The second kappa shape index (κ2) is 13.7. The van der Waals surface area contributed by atoms with Crippen LogP contribution in [0, 0.1) is 0 Å². The van der Waals surface area contributed by atoms with E-state index in [2.05, 4.69) is 16.0 Å². The Morgan fingerprint density at radius 3 is 2.18 bits per heavy atom. The summed E-state index contributed by atoms with van der Waals surface area (Å²) in [6.45, 7) is 0. The lowest BCUT2D eigenvalue weighted by molar-refractivity contribution is -0.114. The van der Waals surface area contributed by atoms with Gasteiger partial charge in [-0.05, 0) is 72.3 Å². The summed E-state index contributed by atoms with van der Waals surface area (Å²) in [4.78, 5) is 39.1. The maximum Gasteiger partial charge on any atom is 0.272 e. The normalized spacial score (nSPS) is 11.0. The molecule has 39 heavy (non-hydrogen) atoms. The van der Waals surface area contributed by atoms with Gasteiger partial charge in [0.15, 0.2) is 0 Å². The zero-order chi connectivity index (χ0) is 27.6. The average molecular weight is 577 g/mol. The highest BCUT2D eigenvalue weighted by molar-refractivity contribution is 8.00. The Balaban J connectivity index is 1.41. The molecule has 0 aliphatic heterocycles. The van der Waals surface area contributed by atoms with Crippen molar-refractivity contribution in [1.82, 2.24) is 5.32 Å². The molecular formula is C30H23Cl2N3O3S. The number of nitrogens with one attached hydrogen (secondary N) is 3. The van der Waals surface area contributed by atoms with Crippen molar-refractivity contribution in [3.63, 3.8) is 0 Å². The predicted octanol–water partition coefficient (Wildman–Crippen LogP) is 7.13. The first-order valence-corrected chi connectivity index (χ1v) is 13.5. The number of rotatable bonds is 9. The highest BCUT2D eigenvalue weighted by Crippen LogP contribution is 2.23. The lowest BCUT2D eigenvalue weighted by Gasteiger charge is -2.12. The largest absolute Gasteiger partial charge is 0.325 e. The minimum atomic E-state index is -0.513. The van der Waals surface area contributed by atoms with Crippen LogP contribution >= 0.6 is 35.0 Å². The molecule has 4 aromatic rings. The van der Waals surface area contributed by atoms with E-state index in [1.807, 2.05) is 0 Å². The SMILES string of the molecule is O=C(CSc1ccc(NC(=O)/C(=C/c2ccccc2Cl)NC(=O)c2ccccc2)cc1)Nc1cccc(Cl)c1. The van der Waals surface area contributed by atoms with Gasteiger partial charge in [-0.2, -0.15) is 0 Å². The van der Waals surface area contributed by atoms with Gasteiger partial charge >= 0.3 is 0 Å². The van der Waals surface area contributed by atoms with Crippen molar-refractivity contribution in [3.05, 3.63) is 130 Å². The van der Waals surface area contributed by atoms with Crippen LogP contribution in [0.4, 0.5) is 11.4 Å². The number of carbonyl (C=O) groups is 3. The zero-order valence-electron chi connectivity index (χ0n) is 20.5. The van der Waals surface area contributed by atoms with Crippen molar-refractivity contribution in [3.8, 4) is 0 Å². The maximum atomic E-state index is 13.2. The third kappa shape index (κ3) is 8.48. The predicted molar refractivity (Wildman–Crippen MR) is 159 cm³/mol. The molecule has 4 rings (SSSR count). The van der Waals surface area contributed by atoms with E-state index in [1.165, 1.54) is 17.8 Å². The van der Waals surface area contributed by atoms with Crippen LogP contribution in [-0.4, -0.2) is 23.5 Å². The molecule has 9 heteroatoms. The van der Waals surface area contributed by atoms with E-state index < -0.39 is 11.8 Å². The minimum absolute atomic E-state index is 0.0353. The average Bonchev–Trinajstić information content (AvgIpc) is 2.94. The Morgan fingerprint density at radius 1 is 0.744 bits per heavy atom. The number of anilines is 2. The van der Waals surface area contributed by atoms with Crippen LogP contribution in [0.5, 0.6) is 0 Å². The summed E-state index contributed by atoms with van der Waals surface area (Å²) in [5.74, 6) is -0.899. The van der Waals surface area contributed by atoms with Crippen molar-refractivity contribution in [2.45, 2.75) is 4.90 Å². The van der Waals surface area contributed by atoms with E-state index in [1.54, 1.807) is 103 Å². The fourth-order valence-corrected chi connectivity index (χ4v) is 4.51. The first kappa shape index (κ1) is 28.0. The number of amides is 3. The van der Waals surface area contributed by atoms with Gasteiger partial charge in [0.1, 0.15) is 5.70 Å². The Hall–Kier alpha value is -4.04. The van der Waals surface area contributed by atoms with Gasteiger partial charge in [0.25, 0.3) is 11.8 Å².